The van der Waals surface area contributed by atoms with Gasteiger partial charge in [-0.2, -0.15) is 0 Å². The highest BCUT2D eigenvalue weighted by molar-refractivity contribution is 6.01. The minimum absolute atomic E-state index is 0.0222. The molecule has 0 aliphatic carbocycles. The number of carboxylic acids is 1. The molecule has 0 spiro atoms. The van der Waals surface area contributed by atoms with E-state index in [1.54, 1.807) is 0 Å². The van der Waals surface area contributed by atoms with Crippen LogP contribution in [-0.2, 0) is 25.5 Å². The lowest BCUT2D eigenvalue weighted by molar-refractivity contribution is -0.157. The Morgan fingerprint density at radius 2 is 2.04 bits per heavy atom. The largest absolute Gasteiger partial charge is 0.480 e. The van der Waals surface area contributed by atoms with E-state index in [-0.39, 0.29) is 31.5 Å². The molecule has 122 valence electrons. The van der Waals surface area contributed by atoms with E-state index in [0.717, 1.165) is 11.3 Å². The van der Waals surface area contributed by atoms with Crippen molar-refractivity contribution < 1.29 is 24.2 Å². The zero-order valence-corrected chi connectivity index (χ0v) is 12.6. The maximum absolute atomic E-state index is 12.5. The summed E-state index contributed by atoms with van der Waals surface area (Å²) in [6.45, 7) is 0.366. The van der Waals surface area contributed by atoms with E-state index in [0.29, 0.717) is 19.4 Å². The molecule has 2 aliphatic heterocycles. The standard InChI is InChI=1S/C16H18N2O5/c19-14-6-5-11-3-1-2-4-12(11)18(14)9-15(20)17-7-8-23-10-13(17)16(21)22/h1-4,13H,5-10H2,(H,21,22). The molecule has 1 fully saturated rings. The van der Waals surface area contributed by atoms with Crippen molar-refractivity contribution >= 4 is 23.5 Å². The third-order valence-electron chi connectivity index (χ3n) is 4.22. The molecule has 2 amide bonds. The molecule has 0 saturated carbocycles. The van der Waals surface area contributed by atoms with Crippen LogP contribution in [0.15, 0.2) is 24.3 Å². The Labute approximate surface area is 133 Å². The van der Waals surface area contributed by atoms with Crippen LogP contribution in [0.1, 0.15) is 12.0 Å². The molecule has 0 radical (unpaired) electrons. The van der Waals surface area contributed by atoms with Crippen molar-refractivity contribution in [2.75, 3.05) is 31.2 Å². The summed E-state index contributed by atoms with van der Waals surface area (Å²) in [5.74, 6) is -1.58. The van der Waals surface area contributed by atoms with Gasteiger partial charge < -0.3 is 19.6 Å². The quantitative estimate of drug-likeness (QED) is 0.865. The second kappa shape index (κ2) is 6.37. The van der Waals surface area contributed by atoms with Gasteiger partial charge in [0, 0.05) is 18.7 Å². The van der Waals surface area contributed by atoms with Crippen molar-refractivity contribution in [1.82, 2.24) is 4.90 Å². The number of fused-ring (bicyclic) bond motifs is 1. The van der Waals surface area contributed by atoms with Gasteiger partial charge in [0.1, 0.15) is 6.54 Å². The second-order valence-corrected chi connectivity index (χ2v) is 5.62. The molecule has 0 bridgehead atoms. The number of carboxylic acid groups (broad SMARTS) is 1. The molecule has 7 nitrogen and oxygen atoms in total. The summed E-state index contributed by atoms with van der Waals surface area (Å²) in [4.78, 5) is 38.8. The smallest absolute Gasteiger partial charge is 0.328 e. The number of hydrogen-bond acceptors (Lipinski definition) is 4. The second-order valence-electron chi connectivity index (χ2n) is 5.62. The van der Waals surface area contributed by atoms with E-state index in [1.807, 2.05) is 24.3 Å². The first-order valence-electron chi connectivity index (χ1n) is 7.56. The fourth-order valence-electron chi connectivity index (χ4n) is 3.00. The average Bonchev–Trinajstić information content (AvgIpc) is 2.57. The maximum atomic E-state index is 12.5. The number of nitrogens with zero attached hydrogens (tertiary/aromatic N) is 2. The molecule has 1 unspecified atom stereocenters. The van der Waals surface area contributed by atoms with Gasteiger partial charge in [0.25, 0.3) is 0 Å². The Morgan fingerprint density at radius 1 is 1.26 bits per heavy atom. The molecule has 1 N–H and O–H groups in total. The number of anilines is 1. The predicted molar refractivity (Wildman–Crippen MR) is 81.1 cm³/mol. The number of aryl methyl sites for hydroxylation is 1. The predicted octanol–water partition coefficient (Wildman–Crippen LogP) is 0.278. The van der Waals surface area contributed by atoms with Crippen LogP contribution in [0.2, 0.25) is 0 Å². The highest BCUT2D eigenvalue weighted by atomic mass is 16.5. The zero-order chi connectivity index (χ0) is 16.4. The SMILES string of the molecule is O=C(O)C1COCCN1C(=O)CN1C(=O)CCc2ccccc21. The van der Waals surface area contributed by atoms with Gasteiger partial charge in [0.15, 0.2) is 6.04 Å². The molecule has 1 atom stereocenters. The first-order chi connectivity index (χ1) is 11.1. The highest BCUT2D eigenvalue weighted by Crippen LogP contribution is 2.27. The third-order valence-corrected chi connectivity index (χ3v) is 4.22. The first-order valence-corrected chi connectivity index (χ1v) is 7.56. The van der Waals surface area contributed by atoms with Crippen LogP contribution in [0.25, 0.3) is 0 Å². The number of ether oxygens (including phenoxy) is 1. The molecule has 7 heteroatoms. The van der Waals surface area contributed by atoms with Gasteiger partial charge in [0.05, 0.1) is 13.2 Å². The number of aliphatic carboxylic acids is 1. The summed E-state index contributed by atoms with van der Waals surface area (Å²) in [6.07, 6.45) is 1.02. The molecule has 1 saturated heterocycles. The molecular weight excluding hydrogens is 300 g/mol. The molecule has 2 heterocycles. The van der Waals surface area contributed by atoms with Crippen molar-refractivity contribution in [2.45, 2.75) is 18.9 Å². The van der Waals surface area contributed by atoms with Gasteiger partial charge in [-0.15, -0.1) is 0 Å². The third kappa shape index (κ3) is 3.05. The Hall–Kier alpha value is -2.41. The van der Waals surface area contributed by atoms with Gasteiger partial charge in [0.2, 0.25) is 11.8 Å². The summed E-state index contributed by atoms with van der Waals surface area (Å²) < 4.78 is 5.14. The monoisotopic (exact) mass is 318 g/mol. The van der Waals surface area contributed by atoms with Crippen LogP contribution in [0, 0.1) is 0 Å². The van der Waals surface area contributed by atoms with E-state index in [1.165, 1.54) is 9.80 Å². The lowest BCUT2D eigenvalue weighted by atomic mass is 10.0. The highest BCUT2D eigenvalue weighted by Gasteiger charge is 2.35. The summed E-state index contributed by atoms with van der Waals surface area (Å²) in [7, 11) is 0. The molecule has 3 rings (SSSR count). The van der Waals surface area contributed by atoms with Gasteiger partial charge in [-0.1, -0.05) is 18.2 Å². The number of carbonyl (C=O) groups excluding carboxylic acids is 2. The Kier molecular flexibility index (Phi) is 4.29. The molecule has 1 aromatic rings. The topological polar surface area (TPSA) is 87.2 Å². The number of para-hydroxylation sites is 1. The van der Waals surface area contributed by atoms with Crippen LogP contribution in [-0.4, -0.2) is 60.1 Å². The average molecular weight is 318 g/mol. The van der Waals surface area contributed by atoms with E-state index in [9.17, 15) is 19.5 Å². The summed E-state index contributed by atoms with van der Waals surface area (Å²) in [5.41, 5.74) is 1.76. The number of amides is 2. The van der Waals surface area contributed by atoms with Crippen molar-refractivity contribution in [3.8, 4) is 0 Å². The maximum Gasteiger partial charge on any atom is 0.328 e. The van der Waals surface area contributed by atoms with Crippen molar-refractivity contribution in [3.63, 3.8) is 0 Å². The number of hydrogen-bond donors (Lipinski definition) is 1. The Morgan fingerprint density at radius 3 is 2.83 bits per heavy atom. The van der Waals surface area contributed by atoms with Gasteiger partial charge >= 0.3 is 5.97 Å². The van der Waals surface area contributed by atoms with Gasteiger partial charge in [-0.3, -0.25) is 9.59 Å². The number of morpholine rings is 1. The van der Waals surface area contributed by atoms with Crippen LogP contribution in [0.5, 0.6) is 0 Å². The van der Waals surface area contributed by atoms with Crippen molar-refractivity contribution in [2.24, 2.45) is 0 Å². The first kappa shape index (κ1) is 15.5. The normalized spacial score (nSPS) is 21.0. The van der Waals surface area contributed by atoms with E-state index < -0.39 is 12.0 Å². The summed E-state index contributed by atoms with van der Waals surface area (Å²) in [6, 6.07) is 6.48. The molecular formula is C16H18N2O5. The fraction of sp³-hybridized carbons (Fsp3) is 0.438. The number of benzene rings is 1. The van der Waals surface area contributed by atoms with Crippen LogP contribution in [0.3, 0.4) is 0 Å². The molecule has 0 aromatic heterocycles. The zero-order valence-electron chi connectivity index (χ0n) is 12.6. The van der Waals surface area contributed by atoms with Crippen LogP contribution in [0.4, 0.5) is 5.69 Å². The summed E-state index contributed by atoms with van der Waals surface area (Å²) in [5, 5.41) is 9.22. The minimum Gasteiger partial charge on any atom is -0.480 e. The van der Waals surface area contributed by atoms with Crippen molar-refractivity contribution in [1.29, 1.82) is 0 Å². The Balaban J connectivity index is 1.79. The fourth-order valence-corrected chi connectivity index (χ4v) is 3.00. The van der Waals surface area contributed by atoms with Gasteiger partial charge in [-0.05, 0) is 18.1 Å². The van der Waals surface area contributed by atoms with E-state index in [4.69, 9.17) is 4.74 Å². The van der Waals surface area contributed by atoms with Crippen molar-refractivity contribution in [3.05, 3.63) is 29.8 Å². The molecule has 2 aliphatic rings. The van der Waals surface area contributed by atoms with Crippen LogP contribution >= 0.6 is 0 Å². The lowest BCUT2D eigenvalue weighted by Gasteiger charge is -2.35. The summed E-state index contributed by atoms with van der Waals surface area (Å²) >= 11 is 0. The van der Waals surface area contributed by atoms with Gasteiger partial charge in [-0.25, -0.2) is 4.79 Å². The Bertz CT molecular complexity index is 645. The number of carbonyl (C=O) groups is 3. The lowest BCUT2D eigenvalue weighted by Crippen LogP contribution is -2.55. The van der Waals surface area contributed by atoms with Crippen LogP contribution < -0.4 is 4.90 Å². The minimum atomic E-state index is -1.09. The van der Waals surface area contributed by atoms with E-state index >= 15 is 0 Å². The van der Waals surface area contributed by atoms with E-state index in [2.05, 4.69) is 0 Å². The molecule has 23 heavy (non-hydrogen) atoms. The number of rotatable bonds is 3. The molecule has 1 aromatic carbocycles.